The molecule has 0 radical (unpaired) electrons. The van der Waals surface area contributed by atoms with E-state index in [1.54, 1.807) is 0 Å². The molecule has 0 amide bonds. The molecule has 12 unspecified atom stereocenters. The van der Waals surface area contributed by atoms with Crippen LogP contribution in [0.25, 0.3) is 0 Å². The summed E-state index contributed by atoms with van der Waals surface area (Å²) in [5, 5.41) is 21.7. The Morgan fingerprint density at radius 3 is 2.41 bits per heavy atom. The van der Waals surface area contributed by atoms with Crippen LogP contribution in [-0.2, 0) is 9.53 Å². The predicted molar refractivity (Wildman–Crippen MR) is 134 cm³/mol. The van der Waals surface area contributed by atoms with Crippen molar-refractivity contribution in [3.05, 3.63) is 0 Å². The first-order valence-electron chi connectivity index (χ1n) is 14.7. The van der Waals surface area contributed by atoms with Crippen LogP contribution in [0.15, 0.2) is 0 Å². The number of hydrogen-bond acceptors (Lipinski definition) is 4. The molecule has 5 aliphatic rings. The Morgan fingerprint density at radius 2 is 1.68 bits per heavy atom. The number of aliphatic hydroxyl groups excluding tert-OH is 2. The Kier molecular flexibility index (Phi) is 6.90. The zero-order chi connectivity index (χ0) is 24.3. The summed E-state index contributed by atoms with van der Waals surface area (Å²) >= 11 is 0. The topological polar surface area (TPSA) is 66.8 Å². The summed E-state index contributed by atoms with van der Waals surface area (Å²) in [5.41, 5.74) is 0.569. The van der Waals surface area contributed by atoms with Crippen LogP contribution in [0.2, 0.25) is 0 Å². The molecule has 4 heteroatoms. The second-order valence-electron chi connectivity index (χ2n) is 14.0. The van der Waals surface area contributed by atoms with E-state index in [4.69, 9.17) is 4.74 Å². The lowest BCUT2D eigenvalue weighted by molar-refractivity contribution is -0.174. The van der Waals surface area contributed by atoms with Gasteiger partial charge in [-0.2, -0.15) is 0 Å². The summed E-state index contributed by atoms with van der Waals surface area (Å²) < 4.78 is 5.79. The van der Waals surface area contributed by atoms with Crippen LogP contribution >= 0.6 is 0 Å². The highest BCUT2D eigenvalue weighted by atomic mass is 16.5. The van der Waals surface area contributed by atoms with Gasteiger partial charge < -0.3 is 14.9 Å². The lowest BCUT2D eigenvalue weighted by Crippen LogP contribution is -2.58. The first-order chi connectivity index (χ1) is 16.1. The van der Waals surface area contributed by atoms with Gasteiger partial charge in [-0.1, -0.05) is 27.7 Å². The lowest BCUT2D eigenvalue weighted by atomic mass is 9.43. The van der Waals surface area contributed by atoms with Crippen LogP contribution in [0.3, 0.4) is 0 Å². The van der Waals surface area contributed by atoms with Crippen LogP contribution in [0.1, 0.15) is 111 Å². The molecule has 0 bridgehead atoms. The lowest BCUT2D eigenvalue weighted by Gasteiger charge is -2.62. The summed E-state index contributed by atoms with van der Waals surface area (Å²) in [7, 11) is 0. The first kappa shape index (κ1) is 25.1. The molecule has 0 aliphatic heterocycles. The largest absolute Gasteiger partial charge is 0.462 e. The second-order valence-corrected chi connectivity index (χ2v) is 14.0. The minimum atomic E-state index is -0.212. The number of aliphatic hydroxyl groups is 2. The van der Waals surface area contributed by atoms with Crippen LogP contribution in [0.4, 0.5) is 0 Å². The van der Waals surface area contributed by atoms with Gasteiger partial charge in [0.05, 0.1) is 12.2 Å². The zero-order valence-electron chi connectivity index (χ0n) is 22.2. The number of carbonyl (C=O) groups excluding carboxylic acids is 1. The van der Waals surface area contributed by atoms with Crippen molar-refractivity contribution in [3.8, 4) is 0 Å². The quantitative estimate of drug-likeness (QED) is 0.471. The van der Waals surface area contributed by atoms with E-state index >= 15 is 0 Å². The highest BCUT2D eigenvalue weighted by Crippen LogP contribution is 2.68. The molecule has 34 heavy (non-hydrogen) atoms. The van der Waals surface area contributed by atoms with Gasteiger partial charge in [0.2, 0.25) is 0 Å². The number of carbonyl (C=O) groups is 1. The smallest absolute Gasteiger partial charge is 0.306 e. The van der Waals surface area contributed by atoms with Gasteiger partial charge in [0.15, 0.2) is 0 Å². The minimum absolute atomic E-state index is 0.00973. The van der Waals surface area contributed by atoms with E-state index in [0.717, 1.165) is 44.9 Å². The third-order valence-corrected chi connectivity index (χ3v) is 12.2. The fraction of sp³-hybridized carbons (Fsp3) is 0.967. The molecule has 0 aromatic carbocycles. The average Bonchev–Trinajstić information content (AvgIpc) is 3.35. The van der Waals surface area contributed by atoms with Crippen molar-refractivity contribution >= 4 is 5.97 Å². The third kappa shape index (κ3) is 4.27. The molecular weight excluding hydrogens is 424 g/mol. The molecule has 2 N–H and O–H groups in total. The van der Waals surface area contributed by atoms with E-state index in [9.17, 15) is 15.0 Å². The maximum absolute atomic E-state index is 12.5. The van der Waals surface area contributed by atoms with Crippen molar-refractivity contribution in [3.63, 3.8) is 0 Å². The Labute approximate surface area is 207 Å². The summed E-state index contributed by atoms with van der Waals surface area (Å²) in [6.45, 7) is 9.63. The molecule has 0 aromatic rings. The van der Waals surface area contributed by atoms with E-state index in [-0.39, 0.29) is 35.1 Å². The third-order valence-electron chi connectivity index (χ3n) is 12.2. The molecule has 5 rings (SSSR count). The van der Waals surface area contributed by atoms with Crippen molar-refractivity contribution in [2.75, 3.05) is 0 Å². The normalized spacial score (nSPS) is 51.3. The molecular formula is C30H50O4. The van der Waals surface area contributed by atoms with E-state index in [0.29, 0.717) is 47.8 Å². The number of esters is 1. The maximum Gasteiger partial charge on any atom is 0.306 e. The fourth-order valence-corrected chi connectivity index (χ4v) is 10.2. The van der Waals surface area contributed by atoms with Crippen LogP contribution in [-0.4, -0.2) is 34.5 Å². The van der Waals surface area contributed by atoms with Gasteiger partial charge in [-0.05, 0) is 129 Å². The molecule has 0 aromatic heterocycles. The monoisotopic (exact) mass is 474 g/mol. The van der Waals surface area contributed by atoms with E-state index in [1.165, 1.54) is 32.1 Å². The summed E-state index contributed by atoms with van der Waals surface area (Å²) in [5.74, 6) is 3.96. The van der Waals surface area contributed by atoms with Gasteiger partial charge in [-0.3, -0.25) is 4.79 Å². The van der Waals surface area contributed by atoms with Crippen LogP contribution in [0.5, 0.6) is 0 Å². The highest BCUT2D eigenvalue weighted by molar-refractivity contribution is 5.69. The van der Waals surface area contributed by atoms with Gasteiger partial charge in [0, 0.05) is 6.42 Å². The molecule has 12 atom stereocenters. The Bertz CT molecular complexity index is 752. The number of rotatable bonds is 5. The predicted octanol–water partition coefficient (Wildman–Crippen LogP) is 6.13. The van der Waals surface area contributed by atoms with Crippen molar-refractivity contribution in [1.29, 1.82) is 0 Å². The molecule has 5 fully saturated rings. The zero-order valence-corrected chi connectivity index (χ0v) is 22.2. The summed E-state index contributed by atoms with van der Waals surface area (Å²) in [4.78, 5) is 12.5. The number of ether oxygens (including phenoxy) is 1. The summed E-state index contributed by atoms with van der Waals surface area (Å²) in [6.07, 6.45) is 13.3. The standard InChI is InChI=1S/C30H50O4/c1-18-5-7-22(15-18)34-27(33)10-6-19(2)23-8-9-24-28-25(12-14-30(23,24)4)29(3)13-11-21(31)16-20(29)17-26(28)32/h18-26,28,31-32H,5-17H2,1-4H3. The van der Waals surface area contributed by atoms with Gasteiger partial charge in [-0.15, -0.1) is 0 Å². The van der Waals surface area contributed by atoms with Crippen molar-refractivity contribution in [2.24, 2.45) is 52.3 Å². The van der Waals surface area contributed by atoms with Crippen LogP contribution in [0, 0.1) is 52.3 Å². The van der Waals surface area contributed by atoms with Gasteiger partial charge >= 0.3 is 5.97 Å². The van der Waals surface area contributed by atoms with Crippen molar-refractivity contribution in [2.45, 2.75) is 129 Å². The molecule has 0 saturated heterocycles. The number of hydrogen-bond donors (Lipinski definition) is 2. The number of fused-ring (bicyclic) bond motifs is 5. The molecule has 0 heterocycles. The molecule has 5 saturated carbocycles. The van der Waals surface area contributed by atoms with Crippen molar-refractivity contribution in [1.82, 2.24) is 0 Å². The Hall–Kier alpha value is -0.610. The SMILES string of the molecule is CC1CCC(OC(=O)CCC(C)C2CCC3C4C(O)CC5CC(O)CCC5(C)C4CCC23C)C1. The highest BCUT2D eigenvalue weighted by Gasteiger charge is 2.62. The summed E-state index contributed by atoms with van der Waals surface area (Å²) in [6, 6.07) is 0. The molecule has 0 spiro atoms. The van der Waals surface area contributed by atoms with Gasteiger partial charge in [0.25, 0.3) is 0 Å². The second kappa shape index (κ2) is 9.36. The van der Waals surface area contributed by atoms with E-state index in [2.05, 4.69) is 27.7 Å². The van der Waals surface area contributed by atoms with E-state index in [1.807, 2.05) is 0 Å². The van der Waals surface area contributed by atoms with Gasteiger partial charge in [0.1, 0.15) is 6.10 Å². The average molecular weight is 475 g/mol. The fourth-order valence-electron chi connectivity index (χ4n) is 10.2. The molecule has 194 valence electrons. The maximum atomic E-state index is 12.5. The Balaban J connectivity index is 1.22. The molecule has 5 aliphatic carbocycles. The van der Waals surface area contributed by atoms with Crippen LogP contribution < -0.4 is 0 Å². The minimum Gasteiger partial charge on any atom is -0.462 e. The first-order valence-corrected chi connectivity index (χ1v) is 14.7. The Morgan fingerprint density at radius 1 is 0.941 bits per heavy atom. The van der Waals surface area contributed by atoms with E-state index < -0.39 is 0 Å². The van der Waals surface area contributed by atoms with Gasteiger partial charge in [-0.25, -0.2) is 0 Å². The van der Waals surface area contributed by atoms with Crippen molar-refractivity contribution < 1.29 is 19.7 Å². The molecule has 4 nitrogen and oxygen atoms in total.